The van der Waals surface area contributed by atoms with Gasteiger partial charge in [-0.25, -0.2) is 4.39 Å². The molecule has 1 aliphatic rings. The first-order valence-electron chi connectivity index (χ1n) is 6.99. The summed E-state index contributed by atoms with van der Waals surface area (Å²) in [6.45, 7) is 0. The summed E-state index contributed by atoms with van der Waals surface area (Å²) < 4.78 is 14.9. The lowest BCUT2D eigenvalue weighted by molar-refractivity contribution is 0.473. The van der Waals surface area contributed by atoms with Crippen LogP contribution in [0.15, 0.2) is 40.2 Å². The molecule has 0 bridgehead atoms. The molecule has 3 rings (SSSR count). The Morgan fingerprint density at radius 3 is 2.75 bits per heavy atom. The van der Waals surface area contributed by atoms with Gasteiger partial charge in [-0.3, -0.25) is 0 Å². The van der Waals surface area contributed by atoms with Crippen molar-refractivity contribution in [2.45, 2.75) is 31.7 Å². The van der Waals surface area contributed by atoms with Crippen LogP contribution in [0.1, 0.15) is 36.6 Å². The van der Waals surface area contributed by atoms with Gasteiger partial charge in [0.25, 0.3) is 0 Å². The lowest BCUT2D eigenvalue weighted by Gasteiger charge is -2.25. The SMILES string of the molecule is Fc1ccc(Br)cc1NC(c1cccs1)C1CCCC1. The molecule has 20 heavy (non-hydrogen) atoms. The molecular formula is C16H17BrFNS. The fraction of sp³-hybridized carbons (Fsp3) is 0.375. The number of hydrogen-bond acceptors (Lipinski definition) is 2. The average Bonchev–Trinajstić information content (AvgIpc) is 3.12. The quantitative estimate of drug-likeness (QED) is 0.711. The van der Waals surface area contributed by atoms with Crippen LogP contribution in [0.25, 0.3) is 0 Å². The van der Waals surface area contributed by atoms with Crippen LogP contribution in [0.3, 0.4) is 0 Å². The lowest BCUT2D eigenvalue weighted by atomic mass is 9.96. The van der Waals surface area contributed by atoms with Gasteiger partial charge in [-0.15, -0.1) is 11.3 Å². The minimum absolute atomic E-state index is 0.187. The Morgan fingerprint density at radius 2 is 2.05 bits per heavy atom. The van der Waals surface area contributed by atoms with E-state index in [1.807, 2.05) is 6.07 Å². The predicted octanol–water partition coefficient (Wildman–Crippen LogP) is 5.99. The van der Waals surface area contributed by atoms with E-state index in [9.17, 15) is 4.39 Å². The molecule has 1 saturated carbocycles. The molecule has 0 amide bonds. The van der Waals surface area contributed by atoms with Gasteiger partial charge in [-0.2, -0.15) is 0 Å². The molecule has 2 aromatic rings. The molecule has 0 spiro atoms. The average molecular weight is 354 g/mol. The van der Waals surface area contributed by atoms with Crippen molar-refractivity contribution in [3.8, 4) is 0 Å². The Labute approximate surface area is 131 Å². The molecule has 1 heterocycles. The highest BCUT2D eigenvalue weighted by atomic mass is 79.9. The van der Waals surface area contributed by atoms with E-state index < -0.39 is 0 Å². The maximum absolute atomic E-state index is 14.0. The maximum atomic E-state index is 14.0. The summed E-state index contributed by atoms with van der Waals surface area (Å²) in [5.41, 5.74) is 0.588. The van der Waals surface area contributed by atoms with E-state index in [1.54, 1.807) is 17.4 Å². The van der Waals surface area contributed by atoms with Gasteiger partial charge in [-0.1, -0.05) is 34.8 Å². The van der Waals surface area contributed by atoms with Gasteiger partial charge in [-0.05, 0) is 48.4 Å². The molecule has 1 aliphatic carbocycles. The third-order valence-electron chi connectivity index (χ3n) is 3.96. The molecule has 1 aromatic carbocycles. The molecule has 1 aromatic heterocycles. The van der Waals surface area contributed by atoms with Crippen molar-refractivity contribution < 1.29 is 4.39 Å². The number of halogens is 2. The van der Waals surface area contributed by atoms with Crippen molar-refractivity contribution in [2.24, 2.45) is 5.92 Å². The Hall–Kier alpha value is -0.870. The number of rotatable bonds is 4. The number of thiophene rings is 1. The van der Waals surface area contributed by atoms with E-state index >= 15 is 0 Å². The zero-order valence-corrected chi connectivity index (χ0v) is 13.5. The molecule has 1 N–H and O–H groups in total. The summed E-state index contributed by atoms with van der Waals surface area (Å²) in [5, 5.41) is 5.53. The molecule has 0 saturated heterocycles. The van der Waals surface area contributed by atoms with Gasteiger partial charge in [0, 0.05) is 9.35 Å². The molecular weight excluding hydrogens is 337 g/mol. The standard InChI is InChI=1S/C16H17BrFNS/c17-12-7-8-13(18)14(10-12)19-16(11-4-1-2-5-11)15-6-3-9-20-15/h3,6-11,16,19H,1-2,4-5H2. The maximum Gasteiger partial charge on any atom is 0.146 e. The molecule has 1 fully saturated rings. The minimum atomic E-state index is -0.187. The van der Waals surface area contributed by atoms with E-state index in [4.69, 9.17) is 0 Å². The lowest BCUT2D eigenvalue weighted by Crippen LogP contribution is -2.18. The van der Waals surface area contributed by atoms with Crippen molar-refractivity contribution in [3.63, 3.8) is 0 Å². The molecule has 1 atom stereocenters. The van der Waals surface area contributed by atoms with Crippen molar-refractivity contribution in [1.29, 1.82) is 0 Å². The normalized spacial score (nSPS) is 17.3. The highest BCUT2D eigenvalue weighted by molar-refractivity contribution is 9.10. The van der Waals surface area contributed by atoms with Crippen LogP contribution in [0, 0.1) is 11.7 Å². The Balaban J connectivity index is 1.88. The predicted molar refractivity (Wildman–Crippen MR) is 86.7 cm³/mol. The summed E-state index contributed by atoms with van der Waals surface area (Å²) >= 11 is 5.16. The Bertz CT molecular complexity index is 564. The van der Waals surface area contributed by atoms with Crippen LogP contribution in [0.2, 0.25) is 0 Å². The fourth-order valence-corrected chi connectivity index (χ4v) is 4.19. The summed E-state index contributed by atoms with van der Waals surface area (Å²) in [7, 11) is 0. The van der Waals surface area contributed by atoms with E-state index in [2.05, 4.69) is 38.8 Å². The van der Waals surface area contributed by atoms with Gasteiger partial charge in [0.05, 0.1) is 11.7 Å². The zero-order valence-electron chi connectivity index (χ0n) is 11.1. The number of hydrogen-bond donors (Lipinski definition) is 1. The van der Waals surface area contributed by atoms with E-state index in [0.717, 1.165) is 4.47 Å². The van der Waals surface area contributed by atoms with E-state index in [0.29, 0.717) is 11.6 Å². The summed E-state index contributed by atoms with van der Waals surface area (Å²) in [6.07, 6.45) is 5.03. The third-order valence-corrected chi connectivity index (χ3v) is 5.41. The second kappa shape index (κ2) is 6.27. The number of nitrogens with one attached hydrogen (secondary N) is 1. The van der Waals surface area contributed by atoms with Crippen LogP contribution < -0.4 is 5.32 Å². The van der Waals surface area contributed by atoms with Crippen molar-refractivity contribution in [2.75, 3.05) is 5.32 Å². The topological polar surface area (TPSA) is 12.0 Å². The first-order valence-corrected chi connectivity index (χ1v) is 8.66. The summed E-state index contributed by atoms with van der Waals surface area (Å²) in [4.78, 5) is 1.30. The van der Waals surface area contributed by atoms with Gasteiger partial charge in [0.15, 0.2) is 0 Å². The monoisotopic (exact) mass is 353 g/mol. The third kappa shape index (κ3) is 3.07. The fourth-order valence-electron chi connectivity index (χ4n) is 2.96. The van der Waals surface area contributed by atoms with Crippen molar-refractivity contribution >= 4 is 33.0 Å². The molecule has 106 valence electrons. The molecule has 4 heteroatoms. The first kappa shape index (κ1) is 14.1. The minimum Gasteiger partial charge on any atom is -0.375 e. The van der Waals surface area contributed by atoms with E-state index in [1.165, 1.54) is 36.6 Å². The van der Waals surface area contributed by atoms with Crippen LogP contribution >= 0.6 is 27.3 Å². The van der Waals surface area contributed by atoms with Gasteiger partial charge in [0.2, 0.25) is 0 Å². The largest absolute Gasteiger partial charge is 0.375 e. The highest BCUT2D eigenvalue weighted by Crippen LogP contribution is 2.40. The molecule has 0 aliphatic heterocycles. The second-order valence-corrected chi connectivity index (χ2v) is 7.20. The van der Waals surface area contributed by atoms with Crippen LogP contribution in [0.4, 0.5) is 10.1 Å². The Kier molecular flexibility index (Phi) is 4.41. The first-order chi connectivity index (χ1) is 9.74. The van der Waals surface area contributed by atoms with Gasteiger partial charge in [0.1, 0.15) is 5.82 Å². The second-order valence-electron chi connectivity index (χ2n) is 5.31. The van der Waals surface area contributed by atoms with Crippen molar-refractivity contribution in [3.05, 3.63) is 50.9 Å². The van der Waals surface area contributed by atoms with Crippen molar-refractivity contribution in [1.82, 2.24) is 0 Å². The van der Waals surface area contributed by atoms with Gasteiger partial charge >= 0.3 is 0 Å². The van der Waals surface area contributed by atoms with Crippen LogP contribution in [-0.4, -0.2) is 0 Å². The number of benzene rings is 1. The molecule has 0 radical (unpaired) electrons. The molecule has 1 unspecified atom stereocenters. The van der Waals surface area contributed by atoms with Gasteiger partial charge < -0.3 is 5.32 Å². The highest BCUT2D eigenvalue weighted by Gasteiger charge is 2.27. The summed E-state index contributed by atoms with van der Waals surface area (Å²) in [5.74, 6) is 0.416. The summed E-state index contributed by atoms with van der Waals surface area (Å²) in [6, 6.07) is 9.51. The Morgan fingerprint density at radius 1 is 1.25 bits per heavy atom. The van der Waals surface area contributed by atoms with Crippen LogP contribution in [-0.2, 0) is 0 Å². The van der Waals surface area contributed by atoms with E-state index in [-0.39, 0.29) is 11.9 Å². The number of anilines is 1. The zero-order chi connectivity index (χ0) is 13.9. The molecule has 1 nitrogen and oxygen atoms in total. The smallest absolute Gasteiger partial charge is 0.146 e. The van der Waals surface area contributed by atoms with Crippen LogP contribution in [0.5, 0.6) is 0 Å².